The van der Waals surface area contributed by atoms with Gasteiger partial charge in [0.25, 0.3) is 0 Å². The molecule has 4 nitrogen and oxygen atoms in total. The van der Waals surface area contributed by atoms with E-state index >= 15 is 0 Å². The number of aliphatic carboxylic acids is 1. The molecule has 0 amide bonds. The average Bonchev–Trinajstić information content (AvgIpc) is 2.29. The van der Waals surface area contributed by atoms with Gasteiger partial charge < -0.3 is 10.4 Å². The molecule has 0 aliphatic heterocycles. The first-order valence-corrected chi connectivity index (χ1v) is 5.14. The molecule has 0 aromatic carbocycles. The van der Waals surface area contributed by atoms with Gasteiger partial charge in [-0.2, -0.15) is 0 Å². The van der Waals surface area contributed by atoms with Crippen LogP contribution < -0.4 is 5.32 Å². The second kappa shape index (κ2) is 6.02. The van der Waals surface area contributed by atoms with Crippen LogP contribution in [0.1, 0.15) is 25.5 Å². The summed E-state index contributed by atoms with van der Waals surface area (Å²) in [5, 5.41) is 11.9. The van der Waals surface area contributed by atoms with E-state index in [4.69, 9.17) is 5.11 Å². The molecular formula is C12H16N2O2. The van der Waals surface area contributed by atoms with Crippen LogP contribution in [-0.2, 0) is 4.79 Å². The summed E-state index contributed by atoms with van der Waals surface area (Å²) in [5.41, 5.74) is 1.49. The molecule has 1 rings (SSSR count). The monoisotopic (exact) mass is 220 g/mol. The third-order valence-electron chi connectivity index (χ3n) is 2.38. The molecule has 86 valence electrons. The number of hydrogen-bond acceptors (Lipinski definition) is 3. The predicted octanol–water partition coefficient (Wildman–Crippen LogP) is 1.76. The first-order chi connectivity index (χ1) is 7.61. The van der Waals surface area contributed by atoms with Crippen LogP contribution in [0.5, 0.6) is 0 Å². The SMILES string of the molecule is C/C(=C/CN[C@H](C)c1ccncc1)C(=O)O. The topological polar surface area (TPSA) is 62.2 Å². The van der Waals surface area contributed by atoms with E-state index in [9.17, 15) is 4.79 Å². The van der Waals surface area contributed by atoms with E-state index in [0.717, 1.165) is 5.56 Å². The van der Waals surface area contributed by atoms with Crippen molar-refractivity contribution in [3.8, 4) is 0 Å². The first-order valence-electron chi connectivity index (χ1n) is 5.14. The Labute approximate surface area is 95.0 Å². The fraction of sp³-hybridized carbons (Fsp3) is 0.333. The van der Waals surface area contributed by atoms with Crippen molar-refractivity contribution >= 4 is 5.97 Å². The second-order valence-electron chi connectivity index (χ2n) is 3.60. The zero-order chi connectivity index (χ0) is 12.0. The van der Waals surface area contributed by atoms with Gasteiger partial charge in [-0.25, -0.2) is 4.79 Å². The fourth-order valence-corrected chi connectivity index (χ4v) is 1.25. The molecule has 16 heavy (non-hydrogen) atoms. The van der Waals surface area contributed by atoms with Crippen molar-refractivity contribution < 1.29 is 9.90 Å². The summed E-state index contributed by atoms with van der Waals surface area (Å²) in [4.78, 5) is 14.5. The summed E-state index contributed by atoms with van der Waals surface area (Å²) in [6, 6.07) is 4.05. The van der Waals surface area contributed by atoms with E-state index in [1.54, 1.807) is 25.4 Å². The number of carbonyl (C=O) groups is 1. The van der Waals surface area contributed by atoms with E-state index in [1.165, 1.54) is 0 Å². The van der Waals surface area contributed by atoms with Crippen molar-refractivity contribution in [3.05, 3.63) is 41.7 Å². The Morgan fingerprint density at radius 1 is 1.56 bits per heavy atom. The van der Waals surface area contributed by atoms with Crippen molar-refractivity contribution in [2.24, 2.45) is 0 Å². The molecule has 0 unspecified atom stereocenters. The molecule has 0 aliphatic rings. The largest absolute Gasteiger partial charge is 0.478 e. The molecule has 1 aromatic heterocycles. The minimum atomic E-state index is -0.877. The van der Waals surface area contributed by atoms with Crippen LogP contribution in [0.3, 0.4) is 0 Å². The van der Waals surface area contributed by atoms with E-state index in [-0.39, 0.29) is 6.04 Å². The third kappa shape index (κ3) is 3.82. The van der Waals surface area contributed by atoms with Gasteiger partial charge in [0.1, 0.15) is 0 Å². The number of hydrogen-bond donors (Lipinski definition) is 2. The average molecular weight is 220 g/mol. The smallest absolute Gasteiger partial charge is 0.330 e. The number of carboxylic acids is 1. The maximum atomic E-state index is 10.5. The Balaban J connectivity index is 2.45. The number of carboxylic acid groups (broad SMARTS) is 1. The van der Waals surface area contributed by atoms with Gasteiger partial charge in [-0.15, -0.1) is 0 Å². The highest BCUT2D eigenvalue weighted by atomic mass is 16.4. The molecule has 0 saturated carbocycles. The fourth-order valence-electron chi connectivity index (χ4n) is 1.25. The van der Waals surface area contributed by atoms with E-state index in [2.05, 4.69) is 10.3 Å². The lowest BCUT2D eigenvalue weighted by molar-refractivity contribution is -0.132. The predicted molar refractivity (Wildman–Crippen MR) is 62.0 cm³/mol. The molecule has 1 heterocycles. The normalized spacial score (nSPS) is 13.5. The summed E-state index contributed by atoms with van der Waals surface area (Å²) in [7, 11) is 0. The Morgan fingerprint density at radius 2 is 2.19 bits per heavy atom. The number of nitrogens with one attached hydrogen (secondary N) is 1. The molecule has 4 heteroatoms. The van der Waals surface area contributed by atoms with Crippen LogP contribution in [0.4, 0.5) is 0 Å². The summed E-state index contributed by atoms with van der Waals surface area (Å²) < 4.78 is 0. The van der Waals surface area contributed by atoms with Crippen molar-refractivity contribution in [3.63, 3.8) is 0 Å². The minimum absolute atomic E-state index is 0.181. The van der Waals surface area contributed by atoms with Gasteiger partial charge in [0, 0.05) is 30.6 Å². The molecule has 1 aromatic rings. The van der Waals surface area contributed by atoms with E-state index < -0.39 is 5.97 Å². The summed E-state index contributed by atoms with van der Waals surface area (Å²) in [5.74, 6) is -0.877. The summed E-state index contributed by atoms with van der Waals surface area (Å²) in [6.07, 6.45) is 5.15. The molecule has 1 atom stereocenters. The van der Waals surface area contributed by atoms with E-state index in [1.807, 2.05) is 19.1 Å². The third-order valence-corrected chi connectivity index (χ3v) is 2.38. The van der Waals surface area contributed by atoms with Crippen LogP contribution in [0.25, 0.3) is 0 Å². The zero-order valence-electron chi connectivity index (χ0n) is 9.47. The number of aromatic nitrogens is 1. The zero-order valence-corrected chi connectivity index (χ0v) is 9.47. The van der Waals surface area contributed by atoms with Crippen LogP contribution >= 0.6 is 0 Å². The van der Waals surface area contributed by atoms with Crippen molar-refractivity contribution in [2.75, 3.05) is 6.54 Å². The summed E-state index contributed by atoms with van der Waals surface area (Å²) in [6.45, 7) is 4.15. The van der Waals surface area contributed by atoms with Gasteiger partial charge in [0.15, 0.2) is 0 Å². The lowest BCUT2D eigenvalue weighted by Gasteiger charge is -2.12. The Bertz CT molecular complexity index is 374. The van der Waals surface area contributed by atoms with Gasteiger partial charge in [-0.05, 0) is 31.5 Å². The molecule has 0 spiro atoms. The molecule has 2 N–H and O–H groups in total. The number of pyridine rings is 1. The van der Waals surface area contributed by atoms with Crippen LogP contribution in [0, 0.1) is 0 Å². The van der Waals surface area contributed by atoms with E-state index in [0.29, 0.717) is 12.1 Å². The van der Waals surface area contributed by atoms with Crippen LogP contribution in [-0.4, -0.2) is 22.6 Å². The van der Waals surface area contributed by atoms with Crippen molar-refractivity contribution in [1.82, 2.24) is 10.3 Å². The maximum Gasteiger partial charge on any atom is 0.330 e. The van der Waals surface area contributed by atoms with Gasteiger partial charge in [0.2, 0.25) is 0 Å². The molecule has 0 bridgehead atoms. The number of rotatable bonds is 5. The second-order valence-corrected chi connectivity index (χ2v) is 3.60. The molecule has 0 saturated heterocycles. The van der Waals surface area contributed by atoms with Crippen molar-refractivity contribution in [2.45, 2.75) is 19.9 Å². The minimum Gasteiger partial charge on any atom is -0.478 e. The highest BCUT2D eigenvalue weighted by Gasteiger charge is 2.03. The summed E-state index contributed by atoms with van der Waals surface area (Å²) >= 11 is 0. The molecule has 0 radical (unpaired) electrons. The standard InChI is InChI=1S/C12H16N2O2/c1-9(12(15)16)3-8-14-10(2)11-4-6-13-7-5-11/h3-7,10,14H,8H2,1-2H3,(H,15,16)/b9-3-/t10-/m1/s1. The van der Waals surface area contributed by atoms with Gasteiger partial charge in [-0.1, -0.05) is 6.08 Å². The molecule has 0 fully saturated rings. The Hall–Kier alpha value is -1.68. The van der Waals surface area contributed by atoms with Gasteiger partial charge >= 0.3 is 5.97 Å². The Kier molecular flexibility index (Phi) is 4.66. The van der Waals surface area contributed by atoms with Gasteiger partial charge in [-0.3, -0.25) is 4.98 Å². The first kappa shape index (κ1) is 12.4. The van der Waals surface area contributed by atoms with Gasteiger partial charge in [0.05, 0.1) is 0 Å². The molecule has 0 aliphatic carbocycles. The molecular weight excluding hydrogens is 204 g/mol. The highest BCUT2D eigenvalue weighted by molar-refractivity contribution is 5.85. The van der Waals surface area contributed by atoms with Crippen LogP contribution in [0.15, 0.2) is 36.2 Å². The quantitative estimate of drug-likeness (QED) is 0.742. The maximum absolute atomic E-state index is 10.5. The lowest BCUT2D eigenvalue weighted by Crippen LogP contribution is -2.19. The highest BCUT2D eigenvalue weighted by Crippen LogP contribution is 2.09. The van der Waals surface area contributed by atoms with Crippen molar-refractivity contribution in [1.29, 1.82) is 0 Å². The Morgan fingerprint density at radius 3 is 2.75 bits per heavy atom. The van der Waals surface area contributed by atoms with Crippen LogP contribution in [0.2, 0.25) is 0 Å². The lowest BCUT2D eigenvalue weighted by atomic mass is 10.1. The number of nitrogens with zero attached hydrogens (tertiary/aromatic N) is 1.